The van der Waals surface area contributed by atoms with E-state index in [1.54, 1.807) is 42.5 Å². The Morgan fingerprint density at radius 2 is 1.81 bits per heavy atom. The summed E-state index contributed by atoms with van der Waals surface area (Å²) in [6.45, 7) is 0.0539. The molecule has 0 aliphatic carbocycles. The van der Waals surface area contributed by atoms with Crippen LogP contribution in [-0.2, 0) is 11.4 Å². The van der Waals surface area contributed by atoms with Crippen molar-refractivity contribution in [2.45, 2.75) is 6.61 Å². The highest BCUT2D eigenvalue weighted by molar-refractivity contribution is 6.36. The van der Waals surface area contributed by atoms with Crippen molar-refractivity contribution in [3.8, 4) is 11.8 Å². The lowest BCUT2D eigenvalue weighted by atomic mass is 10.1. The van der Waals surface area contributed by atoms with Gasteiger partial charge in [-0.3, -0.25) is 14.9 Å². The second-order valence-electron chi connectivity index (χ2n) is 6.51. The Kier molecular flexibility index (Phi) is 7.45. The molecule has 3 aromatic carbocycles. The lowest BCUT2D eigenvalue weighted by molar-refractivity contribution is -0.384. The summed E-state index contributed by atoms with van der Waals surface area (Å²) in [6.07, 6.45) is 1.33. The first-order valence-electron chi connectivity index (χ1n) is 9.20. The predicted octanol–water partition coefficient (Wildman–Crippen LogP) is 6.03. The van der Waals surface area contributed by atoms with Crippen molar-refractivity contribution >= 4 is 46.6 Å². The van der Waals surface area contributed by atoms with Crippen molar-refractivity contribution in [3.63, 3.8) is 0 Å². The van der Waals surface area contributed by atoms with Gasteiger partial charge < -0.3 is 10.1 Å². The van der Waals surface area contributed by atoms with E-state index in [-0.39, 0.29) is 28.6 Å². The maximum absolute atomic E-state index is 12.5. The molecule has 0 aliphatic rings. The van der Waals surface area contributed by atoms with E-state index in [4.69, 9.17) is 27.9 Å². The zero-order chi connectivity index (χ0) is 23.1. The summed E-state index contributed by atoms with van der Waals surface area (Å²) in [6, 6.07) is 19.4. The Bertz CT molecular complexity index is 1220. The average Bonchev–Trinajstić information content (AvgIpc) is 2.77. The van der Waals surface area contributed by atoms with Gasteiger partial charge in [0, 0.05) is 28.4 Å². The summed E-state index contributed by atoms with van der Waals surface area (Å²) in [7, 11) is 0. The third-order valence-electron chi connectivity index (χ3n) is 4.26. The smallest absolute Gasteiger partial charge is 0.269 e. The van der Waals surface area contributed by atoms with Crippen molar-refractivity contribution in [2.75, 3.05) is 5.32 Å². The number of hydrogen-bond donors (Lipinski definition) is 1. The molecule has 0 aliphatic heterocycles. The summed E-state index contributed by atoms with van der Waals surface area (Å²) in [5.74, 6) is -0.384. The first-order chi connectivity index (χ1) is 15.4. The number of anilines is 1. The van der Waals surface area contributed by atoms with E-state index in [1.807, 2.05) is 6.07 Å². The number of carbonyl (C=O) groups is 1. The van der Waals surface area contributed by atoms with Crippen molar-refractivity contribution in [3.05, 3.63) is 104 Å². The molecule has 7 nitrogen and oxygen atoms in total. The van der Waals surface area contributed by atoms with E-state index in [1.165, 1.54) is 30.3 Å². The van der Waals surface area contributed by atoms with Crippen LogP contribution in [0.3, 0.4) is 0 Å². The number of non-ortho nitro benzene ring substituents is 1. The molecule has 0 saturated carbocycles. The van der Waals surface area contributed by atoms with Crippen LogP contribution in [0.25, 0.3) is 6.08 Å². The molecule has 160 valence electrons. The summed E-state index contributed by atoms with van der Waals surface area (Å²) in [5, 5.41) is 23.4. The minimum atomic E-state index is -0.601. The van der Waals surface area contributed by atoms with E-state index >= 15 is 0 Å². The molecule has 1 amide bonds. The molecule has 9 heteroatoms. The quantitative estimate of drug-likeness (QED) is 0.197. The minimum absolute atomic E-state index is 0.0370. The number of carbonyl (C=O) groups excluding carboxylic acids is 1. The number of nitro benzene ring substituents is 1. The SMILES string of the molecule is N#C/C(=C\c1cc(Cl)cc(Cl)c1OCc1ccc([N+](=O)[O-])cc1)C(=O)Nc1ccccc1. The van der Waals surface area contributed by atoms with Crippen LogP contribution in [0.1, 0.15) is 11.1 Å². The second-order valence-corrected chi connectivity index (χ2v) is 7.35. The Hall–Kier alpha value is -3.86. The average molecular weight is 468 g/mol. The summed E-state index contributed by atoms with van der Waals surface area (Å²) in [4.78, 5) is 22.8. The third-order valence-corrected chi connectivity index (χ3v) is 4.76. The van der Waals surface area contributed by atoms with Crippen LogP contribution in [0, 0.1) is 21.4 Å². The van der Waals surface area contributed by atoms with Gasteiger partial charge in [-0.2, -0.15) is 5.26 Å². The number of halogens is 2. The van der Waals surface area contributed by atoms with E-state index < -0.39 is 10.8 Å². The van der Waals surface area contributed by atoms with Gasteiger partial charge in [0.15, 0.2) is 0 Å². The summed E-state index contributed by atoms with van der Waals surface area (Å²) >= 11 is 12.4. The summed E-state index contributed by atoms with van der Waals surface area (Å²) in [5.41, 5.74) is 1.33. The first-order valence-corrected chi connectivity index (χ1v) is 9.96. The molecule has 32 heavy (non-hydrogen) atoms. The van der Waals surface area contributed by atoms with Gasteiger partial charge in [-0.15, -0.1) is 0 Å². The highest BCUT2D eigenvalue weighted by Crippen LogP contribution is 2.34. The predicted molar refractivity (Wildman–Crippen MR) is 123 cm³/mol. The van der Waals surface area contributed by atoms with E-state index in [0.717, 1.165) is 0 Å². The van der Waals surface area contributed by atoms with Crippen LogP contribution in [0.15, 0.2) is 72.3 Å². The number of nitrogens with one attached hydrogen (secondary N) is 1. The monoisotopic (exact) mass is 467 g/mol. The number of nitrogens with zero attached hydrogens (tertiary/aromatic N) is 2. The van der Waals surface area contributed by atoms with Crippen molar-refractivity contribution < 1.29 is 14.5 Å². The Morgan fingerprint density at radius 3 is 2.44 bits per heavy atom. The number of rotatable bonds is 7. The number of nitro groups is 1. The van der Waals surface area contributed by atoms with Gasteiger partial charge >= 0.3 is 0 Å². The van der Waals surface area contributed by atoms with Crippen LogP contribution >= 0.6 is 23.2 Å². The largest absolute Gasteiger partial charge is 0.487 e. The fourth-order valence-corrected chi connectivity index (χ4v) is 3.30. The fraction of sp³-hybridized carbons (Fsp3) is 0.0435. The fourth-order valence-electron chi connectivity index (χ4n) is 2.73. The number of nitriles is 1. The second kappa shape index (κ2) is 10.4. The zero-order valence-corrected chi connectivity index (χ0v) is 17.9. The molecular formula is C23H15Cl2N3O4. The molecule has 0 fully saturated rings. The van der Waals surface area contributed by atoms with E-state index in [0.29, 0.717) is 21.8 Å². The van der Waals surface area contributed by atoms with Gasteiger partial charge in [0.1, 0.15) is 24.0 Å². The van der Waals surface area contributed by atoms with E-state index in [2.05, 4.69) is 5.32 Å². The standard InChI is InChI=1S/C23H15Cl2N3O4/c24-18-11-16(10-17(13-26)23(29)27-19-4-2-1-3-5-19)22(21(25)12-18)32-14-15-6-8-20(9-7-15)28(30)31/h1-12H,14H2,(H,27,29)/b17-10+. The van der Waals surface area contributed by atoms with Gasteiger partial charge in [-0.25, -0.2) is 0 Å². The van der Waals surface area contributed by atoms with Gasteiger partial charge in [0.25, 0.3) is 11.6 Å². The molecule has 0 aromatic heterocycles. The molecule has 0 heterocycles. The zero-order valence-electron chi connectivity index (χ0n) is 16.4. The molecule has 1 N–H and O–H groups in total. The number of ether oxygens (including phenoxy) is 1. The molecule has 0 unspecified atom stereocenters. The number of para-hydroxylation sites is 1. The highest BCUT2D eigenvalue weighted by atomic mass is 35.5. The van der Waals surface area contributed by atoms with Crippen molar-refractivity contribution in [1.29, 1.82) is 5.26 Å². The van der Waals surface area contributed by atoms with Crippen LogP contribution < -0.4 is 10.1 Å². The van der Waals surface area contributed by atoms with Gasteiger partial charge in [-0.1, -0.05) is 41.4 Å². The first kappa shape index (κ1) is 22.8. The Morgan fingerprint density at radius 1 is 1.12 bits per heavy atom. The van der Waals surface area contributed by atoms with Crippen molar-refractivity contribution in [2.24, 2.45) is 0 Å². The summed E-state index contributed by atoms with van der Waals surface area (Å²) < 4.78 is 5.81. The highest BCUT2D eigenvalue weighted by Gasteiger charge is 2.15. The van der Waals surface area contributed by atoms with Crippen LogP contribution in [0.5, 0.6) is 5.75 Å². The number of amides is 1. The molecule has 0 saturated heterocycles. The normalized spacial score (nSPS) is 10.8. The molecule has 0 bridgehead atoms. The number of hydrogen-bond acceptors (Lipinski definition) is 5. The lowest BCUT2D eigenvalue weighted by Gasteiger charge is -2.12. The van der Waals surface area contributed by atoms with Crippen LogP contribution in [0.2, 0.25) is 10.0 Å². The molecule has 0 spiro atoms. The van der Waals surface area contributed by atoms with Gasteiger partial charge in [-0.05, 0) is 48.0 Å². The van der Waals surface area contributed by atoms with Gasteiger partial charge in [0.05, 0.1) is 9.95 Å². The maximum Gasteiger partial charge on any atom is 0.269 e. The number of benzene rings is 3. The van der Waals surface area contributed by atoms with Gasteiger partial charge in [0.2, 0.25) is 0 Å². The van der Waals surface area contributed by atoms with Crippen LogP contribution in [0.4, 0.5) is 11.4 Å². The molecule has 0 atom stereocenters. The van der Waals surface area contributed by atoms with Crippen LogP contribution in [-0.4, -0.2) is 10.8 Å². The molecule has 0 radical (unpaired) electrons. The lowest BCUT2D eigenvalue weighted by Crippen LogP contribution is -2.13. The van der Waals surface area contributed by atoms with Crippen molar-refractivity contribution in [1.82, 2.24) is 0 Å². The molecule has 3 rings (SSSR count). The Labute approximate surface area is 193 Å². The maximum atomic E-state index is 12.5. The molecule has 3 aromatic rings. The minimum Gasteiger partial charge on any atom is -0.487 e. The van der Waals surface area contributed by atoms with E-state index in [9.17, 15) is 20.2 Å². The molecular weight excluding hydrogens is 453 g/mol. The third kappa shape index (κ3) is 5.85. The topological polar surface area (TPSA) is 105 Å². The Balaban J connectivity index is 1.86.